The summed E-state index contributed by atoms with van der Waals surface area (Å²) in [5.41, 5.74) is 0.375. The molecule has 0 aliphatic carbocycles. The molecule has 1 aromatic carbocycles. The van der Waals surface area contributed by atoms with Crippen molar-refractivity contribution in [2.24, 2.45) is 0 Å². The van der Waals surface area contributed by atoms with Crippen molar-refractivity contribution in [1.82, 2.24) is 15.0 Å². The summed E-state index contributed by atoms with van der Waals surface area (Å²) in [7, 11) is 0. The van der Waals surface area contributed by atoms with Crippen LogP contribution in [0.25, 0.3) is 0 Å². The Hall–Kier alpha value is -2.21. The van der Waals surface area contributed by atoms with Crippen LogP contribution in [0.4, 0.5) is 4.39 Å². The number of carbonyl (C=O) groups is 2. The Balaban J connectivity index is 2.41. The first-order valence-corrected chi connectivity index (χ1v) is 6.01. The van der Waals surface area contributed by atoms with Gasteiger partial charge in [-0.15, -0.1) is 0 Å². The normalized spacial score (nSPS) is 11.9. The maximum Gasteiger partial charge on any atom is 0.226 e. The first-order chi connectivity index (χ1) is 9.49. The maximum absolute atomic E-state index is 12.9. The minimum Gasteiger partial charge on any atom is -0.299 e. The van der Waals surface area contributed by atoms with Crippen LogP contribution in [0.5, 0.6) is 0 Å². The number of hydrogen-bond donors (Lipinski definition) is 0. The first kappa shape index (κ1) is 14.2. The summed E-state index contributed by atoms with van der Waals surface area (Å²) in [4.78, 5) is 35.0. The number of halogens is 2. The van der Waals surface area contributed by atoms with Gasteiger partial charge in [0.25, 0.3) is 0 Å². The fourth-order valence-corrected chi connectivity index (χ4v) is 1.87. The number of nitrogens with zero attached hydrogens (tertiary/aromatic N) is 3. The van der Waals surface area contributed by atoms with E-state index < -0.39 is 23.3 Å². The van der Waals surface area contributed by atoms with E-state index in [4.69, 9.17) is 11.6 Å². The average molecular weight is 294 g/mol. The van der Waals surface area contributed by atoms with Crippen molar-refractivity contribution in [3.63, 3.8) is 0 Å². The Morgan fingerprint density at radius 3 is 2.40 bits per heavy atom. The second-order valence-corrected chi connectivity index (χ2v) is 4.38. The predicted molar refractivity (Wildman–Crippen MR) is 69.0 cm³/mol. The van der Waals surface area contributed by atoms with Gasteiger partial charge < -0.3 is 0 Å². The number of benzene rings is 1. The van der Waals surface area contributed by atoms with E-state index in [0.717, 1.165) is 6.33 Å². The summed E-state index contributed by atoms with van der Waals surface area (Å²) in [6, 6.07) is 5.11. The van der Waals surface area contributed by atoms with E-state index in [1.54, 1.807) is 0 Å². The van der Waals surface area contributed by atoms with Gasteiger partial charge in [-0.3, -0.25) is 9.59 Å². The molecule has 20 heavy (non-hydrogen) atoms. The van der Waals surface area contributed by atoms with Crippen molar-refractivity contribution in [3.8, 4) is 0 Å². The van der Waals surface area contributed by atoms with Crippen LogP contribution in [-0.4, -0.2) is 26.5 Å². The molecule has 0 spiro atoms. The Labute approximate surface area is 118 Å². The molecule has 2 rings (SSSR count). The van der Waals surface area contributed by atoms with Gasteiger partial charge in [0.2, 0.25) is 16.9 Å². The summed E-state index contributed by atoms with van der Waals surface area (Å²) >= 11 is 5.59. The lowest BCUT2D eigenvalue weighted by Gasteiger charge is -2.12. The van der Waals surface area contributed by atoms with Gasteiger partial charge in [-0.2, -0.15) is 4.98 Å². The molecule has 1 unspecified atom stereocenters. The molecule has 1 aromatic heterocycles. The van der Waals surface area contributed by atoms with Crippen LogP contribution >= 0.6 is 11.6 Å². The van der Waals surface area contributed by atoms with E-state index >= 15 is 0 Å². The monoisotopic (exact) mass is 293 g/mol. The number of hydrogen-bond acceptors (Lipinski definition) is 5. The summed E-state index contributed by atoms with van der Waals surface area (Å²) < 4.78 is 12.9. The average Bonchev–Trinajstić information content (AvgIpc) is 2.41. The Bertz CT molecular complexity index is 661. The highest BCUT2D eigenvalue weighted by atomic mass is 35.5. The highest BCUT2D eigenvalue weighted by molar-refractivity contribution is 6.28. The lowest BCUT2D eigenvalue weighted by molar-refractivity contribution is -0.117. The van der Waals surface area contributed by atoms with Crippen molar-refractivity contribution in [2.75, 3.05) is 0 Å². The third-order valence-electron chi connectivity index (χ3n) is 2.63. The number of rotatable bonds is 4. The van der Waals surface area contributed by atoms with Crippen molar-refractivity contribution >= 4 is 23.2 Å². The predicted octanol–water partition coefficient (Wildman–Crippen LogP) is 2.22. The molecular weight excluding hydrogens is 285 g/mol. The van der Waals surface area contributed by atoms with E-state index in [-0.39, 0.29) is 11.1 Å². The zero-order chi connectivity index (χ0) is 14.7. The molecule has 0 aliphatic heterocycles. The minimum atomic E-state index is -1.09. The van der Waals surface area contributed by atoms with Gasteiger partial charge in [-0.1, -0.05) is 12.1 Å². The SMILES string of the molecule is CC(=O)C(C(=O)c1ncnc(Cl)n1)c1ccc(F)cc1. The molecule has 0 saturated heterocycles. The molecule has 1 heterocycles. The summed E-state index contributed by atoms with van der Waals surface area (Å²) in [5, 5.41) is -0.134. The number of aromatic nitrogens is 3. The fraction of sp³-hybridized carbons (Fsp3) is 0.154. The third-order valence-corrected chi connectivity index (χ3v) is 2.82. The molecule has 0 saturated carbocycles. The summed E-state index contributed by atoms with van der Waals surface area (Å²) in [6.45, 7) is 1.27. The topological polar surface area (TPSA) is 72.8 Å². The zero-order valence-corrected chi connectivity index (χ0v) is 11.1. The highest BCUT2D eigenvalue weighted by Gasteiger charge is 2.28. The lowest BCUT2D eigenvalue weighted by Crippen LogP contribution is -2.22. The molecule has 0 amide bonds. The van der Waals surface area contributed by atoms with Crippen LogP contribution in [0.3, 0.4) is 0 Å². The Morgan fingerprint density at radius 1 is 1.20 bits per heavy atom. The molecule has 5 nitrogen and oxygen atoms in total. The van der Waals surface area contributed by atoms with Crippen LogP contribution in [0.15, 0.2) is 30.6 Å². The second-order valence-electron chi connectivity index (χ2n) is 4.04. The van der Waals surface area contributed by atoms with Crippen LogP contribution < -0.4 is 0 Å². The van der Waals surface area contributed by atoms with E-state index in [1.165, 1.54) is 31.2 Å². The smallest absolute Gasteiger partial charge is 0.226 e. The maximum atomic E-state index is 12.9. The van der Waals surface area contributed by atoms with E-state index in [0.29, 0.717) is 5.56 Å². The molecule has 2 aromatic rings. The Kier molecular flexibility index (Phi) is 4.14. The van der Waals surface area contributed by atoms with Crippen LogP contribution in [0.1, 0.15) is 29.0 Å². The molecule has 0 bridgehead atoms. The van der Waals surface area contributed by atoms with Gasteiger partial charge >= 0.3 is 0 Å². The first-order valence-electron chi connectivity index (χ1n) is 5.63. The second kappa shape index (κ2) is 5.83. The van der Waals surface area contributed by atoms with Gasteiger partial charge in [0.1, 0.15) is 23.8 Å². The molecule has 1 atom stereocenters. The van der Waals surface area contributed by atoms with Gasteiger partial charge in [-0.05, 0) is 36.2 Å². The van der Waals surface area contributed by atoms with Gasteiger partial charge in [-0.25, -0.2) is 14.4 Å². The third kappa shape index (κ3) is 3.03. The van der Waals surface area contributed by atoms with Crippen molar-refractivity contribution < 1.29 is 14.0 Å². The quantitative estimate of drug-likeness (QED) is 0.638. The molecule has 0 fully saturated rings. The molecule has 102 valence electrons. The van der Waals surface area contributed by atoms with Crippen molar-refractivity contribution in [2.45, 2.75) is 12.8 Å². The minimum absolute atomic E-state index is 0.134. The summed E-state index contributed by atoms with van der Waals surface area (Å²) in [5.74, 6) is -2.73. The van der Waals surface area contributed by atoms with Crippen molar-refractivity contribution in [3.05, 3.63) is 53.1 Å². The van der Waals surface area contributed by atoms with Gasteiger partial charge in [0.05, 0.1) is 0 Å². The molecule has 0 N–H and O–H groups in total. The zero-order valence-electron chi connectivity index (χ0n) is 10.4. The molecule has 0 radical (unpaired) electrons. The van der Waals surface area contributed by atoms with E-state index in [2.05, 4.69) is 15.0 Å². The molecule has 0 aliphatic rings. The Morgan fingerprint density at radius 2 is 1.85 bits per heavy atom. The summed E-state index contributed by atoms with van der Waals surface area (Å²) in [6.07, 6.45) is 1.09. The van der Waals surface area contributed by atoms with Crippen LogP contribution in [0.2, 0.25) is 5.28 Å². The molecular formula is C13H9ClFN3O2. The van der Waals surface area contributed by atoms with E-state index in [9.17, 15) is 14.0 Å². The van der Waals surface area contributed by atoms with Gasteiger partial charge in [0, 0.05) is 0 Å². The van der Waals surface area contributed by atoms with Crippen LogP contribution in [-0.2, 0) is 4.79 Å². The molecule has 7 heteroatoms. The number of Topliss-reactive ketones (excluding diaryl/α,β-unsaturated/α-hetero) is 2. The van der Waals surface area contributed by atoms with Crippen LogP contribution in [0, 0.1) is 5.82 Å². The highest BCUT2D eigenvalue weighted by Crippen LogP contribution is 2.21. The standard InChI is InChI=1S/C13H9ClFN3O2/c1-7(19)10(8-2-4-9(15)5-3-8)11(20)12-16-6-17-13(14)18-12/h2-6,10H,1H3. The van der Waals surface area contributed by atoms with E-state index in [1.807, 2.05) is 0 Å². The number of carbonyl (C=O) groups excluding carboxylic acids is 2. The van der Waals surface area contributed by atoms with Gasteiger partial charge in [0.15, 0.2) is 0 Å². The number of ketones is 2. The largest absolute Gasteiger partial charge is 0.299 e. The fourth-order valence-electron chi connectivity index (χ4n) is 1.75. The lowest BCUT2D eigenvalue weighted by atomic mass is 9.91. The van der Waals surface area contributed by atoms with Crippen molar-refractivity contribution in [1.29, 1.82) is 0 Å².